The van der Waals surface area contributed by atoms with Gasteiger partial charge in [0.15, 0.2) is 5.84 Å². The van der Waals surface area contributed by atoms with Gasteiger partial charge < -0.3 is 0 Å². The maximum Gasteiger partial charge on any atom is 0.166 e. The molecule has 0 N–H and O–H groups in total. The van der Waals surface area contributed by atoms with Crippen LogP contribution in [0, 0.1) is 0 Å². The molecule has 2 rings (SSSR count). The number of unbranched alkanes of at least 4 members (excludes halogenated alkanes) is 3. The Morgan fingerprint density at radius 3 is 2.70 bits per heavy atom. The van der Waals surface area contributed by atoms with Crippen LogP contribution in [0.15, 0.2) is 48.1 Å². The largest absolute Gasteiger partial charge is 0.295 e. The molecule has 0 unspecified atom stereocenters. The van der Waals surface area contributed by atoms with E-state index in [0.29, 0.717) is 5.02 Å². The summed E-state index contributed by atoms with van der Waals surface area (Å²) in [5.41, 5.74) is 0.916. The first-order valence-corrected chi connectivity index (χ1v) is 8.70. The molecule has 2 aromatic rings. The summed E-state index contributed by atoms with van der Waals surface area (Å²) in [6, 6.07) is 7.79. The molecule has 124 valence electrons. The van der Waals surface area contributed by atoms with E-state index < -0.39 is 0 Å². The summed E-state index contributed by atoms with van der Waals surface area (Å²) in [6.45, 7) is 6.18. The molecule has 0 aliphatic carbocycles. The highest BCUT2D eigenvalue weighted by atomic mass is 35.5. The Morgan fingerprint density at radius 1 is 1.22 bits per heavy atom. The van der Waals surface area contributed by atoms with Gasteiger partial charge in [-0.05, 0) is 25.5 Å². The van der Waals surface area contributed by atoms with Crippen molar-refractivity contribution in [1.29, 1.82) is 0 Å². The van der Waals surface area contributed by atoms with Gasteiger partial charge in [0.05, 0.1) is 5.02 Å². The summed E-state index contributed by atoms with van der Waals surface area (Å²) in [7, 11) is 0. The van der Waals surface area contributed by atoms with Crippen molar-refractivity contribution >= 4 is 17.4 Å². The highest BCUT2D eigenvalue weighted by molar-refractivity contribution is 6.34. The maximum absolute atomic E-state index is 6.38. The molecule has 0 saturated heterocycles. The topological polar surface area (TPSA) is 33.4 Å². The van der Waals surface area contributed by atoms with Gasteiger partial charge in [-0.2, -0.15) is 5.10 Å². The van der Waals surface area contributed by atoms with Crippen LogP contribution in [0.3, 0.4) is 0 Å². The summed E-state index contributed by atoms with van der Waals surface area (Å²) in [5.74, 6) is 0.811. The minimum absolute atomic E-state index is 0.696. The average molecular weight is 333 g/mol. The monoisotopic (exact) mass is 332 g/mol. The molecule has 0 radical (unpaired) electrons. The van der Waals surface area contributed by atoms with Crippen LogP contribution in [0.25, 0.3) is 0 Å². The van der Waals surface area contributed by atoms with Gasteiger partial charge in [-0.15, -0.1) is 0 Å². The zero-order chi connectivity index (χ0) is 16.5. The van der Waals surface area contributed by atoms with E-state index in [0.717, 1.165) is 30.9 Å². The van der Waals surface area contributed by atoms with Crippen molar-refractivity contribution in [3.05, 3.63) is 53.6 Å². The number of halogens is 1. The number of imidazole rings is 1. The summed E-state index contributed by atoms with van der Waals surface area (Å²) >= 11 is 6.38. The highest BCUT2D eigenvalue weighted by Crippen LogP contribution is 2.17. The van der Waals surface area contributed by atoms with Crippen LogP contribution < -0.4 is 0 Å². The minimum Gasteiger partial charge on any atom is -0.295 e. The molecule has 0 fully saturated rings. The van der Waals surface area contributed by atoms with Crippen molar-refractivity contribution in [1.82, 2.24) is 14.6 Å². The number of hydrogen-bond donors (Lipinski definition) is 0. The normalized spacial score (nSPS) is 11.7. The van der Waals surface area contributed by atoms with Crippen LogP contribution in [0.4, 0.5) is 0 Å². The number of hydrazone groups is 1. The minimum atomic E-state index is 0.696. The molecule has 0 amide bonds. The number of hydrogen-bond acceptors (Lipinski definition) is 3. The third kappa shape index (κ3) is 5.10. The Morgan fingerprint density at radius 2 is 2.04 bits per heavy atom. The quantitative estimate of drug-likeness (QED) is 0.305. The first kappa shape index (κ1) is 17.5. The first-order valence-electron chi connectivity index (χ1n) is 8.33. The molecule has 0 spiro atoms. The van der Waals surface area contributed by atoms with E-state index in [9.17, 15) is 0 Å². The molecule has 1 aromatic carbocycles. The lowest BCUT2D eigenvalue weighted by molar-refractivity contribution is 0.294. The standard InChI is InChI=1S/C18H25ClN4/c1-3-5-6-9-13-23(4-2)21-18(22-14-12-20-15-22)16-10-7-8-11-17(16)19/h7-8,10-12,14-15H,3-6,9,13H2,1-2H3. The van der Waals surface area contributed by atoms with E-state index in [2.05, 4.69) is 23.8 Å². The second-order valence-electron chi connectivity index (χ2n) is 5.48. The van der Waals surface area contributed by atoms with Gasteiger partial charge >= 0.3 is 0 Å². The summed E-state index contributed by atoms with van der Waals surface area (Å²) in [6.07, 6.45) is 10.3. The second kappa shape index (κ2) is 9.36. The molecule has 0 saturated carbocycles. The van der Waals surface area contributed by atoms with Crippen molar-refractivity contribution in [3.63, 3.8) is 0 Å². The first-order chi connectivity index (χ1) is 11.3. The van der Waals surface area contributed by atoms with Crippen LogP contribution in [-0.4, -0.2) is 33.5 Å². The molecule has 1 aromatic heterocycles. The van der Waals surface area contributed by atoms with Crippen LogP contribution >= 0.6 is 11.6 Å². The Labute approximate surface area is 143 Å². The van der Waals surface area contributed by atoms with Crippen molar-refractivity contribution in [2.75, 3.05) is 13.1 Å². The lowest BCUT2D eigenvalue weighted by Gasteiger charge is -2.20. The number of rotatable bonds is 8. The molecule has 5 heteroatoms. The van der Waals surface area contributed by atoms with E-state index in [1.807, 2.05) is 35.0 Å². The SMILES string of the molecule is CCCCCCN(CC)N=C(c1ccccc1Cl)n1ccnc1. The molecule has 23 heavy (non-hydrogen) atoms. The van der Waals surface area contributed by atoms with E-state index >= 15 is 0 Å². The third-order valence-corrected chi connectivity index (χ3v) is 4.06. The molecule has 4 nitrogen and oxygen atoms in total. The lowest BCUT2D eigenvalue weighted by atomic mass is 10.2. The number of benzene rings is 1. The highest BCUT2D eigenvalue weighted by Gasteiger charge is 2.12. The molecule has 0 aliphatic heterocycles. The predicted octanol–water partition coefficient (Wildman–Crippen LogP) is 4.65. The van der Waals surface area contributed by atoms with Crippen molar-refractivity contribution in [2.24, 2.45) is 5.10 Å². The van der Waals surface area contributed by atoms with Gasteiger partial charge in [-0.3, -0.25) is 9.58 Å². The van der Waals surface area contributed by atoms with Crippen LogP contribution in [0.5, 0.6) is 0 Å². The Bertz CT molecular complexity index is 607. The lowest BCUT2D eigenvalue weighted by Crippen LogP contribution is -2.24. The molecular formula is C18H25ClN4. The van der Waals surface area contributed by atoms with Crippen LogP contribution in [-0.2, 0) is 0 Å². The van der Waals surface area contributed by atoms with E-state index in [1.165, 1.54) is 19.3 Å². The molecular weight excluding hydrogens is 308 g/mol. The Kier molecular flexibility index (Phi) is 7.14. The molecule has 0 aliphatic rings. The summed E-state index contributed by atoms with van der Waals surface area (Å²) in [4.78, 5) is 4.14. The fourth-order valence-electron chi connectivity index (χ4n) is 2.41. The Hall–Kier alpha value is -1.81. The smallest absolute Gasteiger partial charge is 0.166 e. The van der Waals surface area contributed by atoms with E-state index in [1.54, 1.807) is 12.5 Å². The summed E-state index contributed by atoms with van der Waals surface area (Å²) < 4.78 is 1.91. The van der Waals surface area contributed by atoms with Crippen molar-refractivity contribution < 1.29 is 0 Å². The van der Waals surface area contributed by atoms with Gasteiger partial charge in [0.1, 0.15) is 6.33 Å². The summed E-state index contributed by atoms with van der Waals surface area (Å²) in [5, 5.41) is 7.66. The van der Waals surface area contributed by atoms with Gasteiger partial charge in [-0.25, -0.2) is 4.98 Å². The Balaban J connectivity index is 2.24. The molecule has 1 heterocycles. The van der Waals surface area contributed by atoms with Gasteiger partial charge in [0, 0.05) is 31.0 Å². The maximum atomic E-state index is 6.38. The van der Waals surface area contributed by atoms with Crippen molar-refractivity contribution in [3.8, 4) is 0 Å². The fourth-order valence-corrected chi connectivity index (χ4v) is 2.63. The van der Waals surface area contributed by atoms with E-state index in [-0.39, 0.29) is 0 Å². The third-order valence-electron chi connectivity index (χ3n) is 3.73. The number of nitrogens with zero attached hydrogens (tertiary/aromatic N) is 4. The fraction of sp³-hybridized carbons (Fsp3) is 0.444. The van der Waals surface area contributed by atoms with Gasteiger partial charge in [0.25, 0.3) is 0 Å². The average Bonchev–Trinajstić information content (AvgIpc) is 3.09. The number of aromatic nitrogens is 2. The van der Waals surface area contributed by atoms with Crippen LogP contribution in [0.2, 0.25) is 5.02 Å². The van der Waals surface area contributed by atoms with Gasteiger partial charge in [0.2, 0.25) is 0 Å². The van der Waals surface area contributed by atoms with Crippen LogP contribution in [0.1, 0.15) is 45.1 Å². The van der Waals surface area contributed by atoms with E-state index in [4.69, 9.17) is 16.7 Å². The second-order valence-corrected chi connectivity index (χ2v) is 5.89. The predicted molar refractivity (Wildman–Crippen MR) is 97.0 cm³/mol. The van der Waals surface area contributed by atoms with Gasteiger partial charge in [-0.1, -0.05) is 49.9 Å². The van der Waals surface area contributed by atoms with Crippen molar-refractivity contribution in [2.45, 2.75) is 39.5 Å². The molecule has 0 bridgehead atoms. The zero-order valence-corrected chi connectivity index (χ0v) is 14.7. The zero-order valence-electron chi connectivity index (χ0n) is 14.0. The molecule has 0 atom stereocenters.